The molecule has 0 spiro atoms. The highest BCUT2D eigenvalue weighted by Gasteiger charge is 2.63. The Kier molecular flexibility index (Phi) is 5.62. The molecular formula is C17H26O5. The van der Waals surface area contributed by atoms with Gasteiger partial charge in [-0.05, 0) is 38.2 Å². The molecule has 2 rings (SSSR count). The van der Waals surface area contributed by atoms with Crippen molar-refractivity contribution < 1.29 is 23.8 Å². The van der Waals surface area contributed by atoms with Crippen molar-refractivity contribution in [3.63, 3.8) is 0 Å². The fraction of sp³-hybridized carbons (Fsp3) is 0.765. The van der Waals surface area contributed by atoms with Gasteiger partial charge in [0.05, 0.1) is 25.9 Å². The van der Waals surface area contributed by atoms with Crippen molar-refractivity contribution in [3.8, 4) is 0 Å². The topological polar surface area (TPSA) is 61.8 Å². The third-order valence-electron chi connectivity index (χ3n) is 4.69. The molecule has 1 aliphatic heterocycles. The number of carbonyl (C=O) groups is 2. The Morgan fingerprint density at radius 1 is 1.14 bits per heavy atom. The average molecular weight is 310 g/mol. The lowest BCUT2D eigenvalue weighted by molar-refractivity contribution is -0.176. The van der Waals surface area contributed by atoms with Crippen LogP contribution < -0.4 is 0 Å². The summed E-state index contributed by atoms with van der Waals surface area (Å²) in [5.41, 5.74) is -1.03. The van der Waals surface area contributed by atoms with Gasteiger partial charge in [0.2, 0.25) is 5.41 Å². The molecule has 0 aromatic carbocycles. The van der Waals surface area contributed by atoms with Gasteiger partial charge in [-0.2, -0.15) is 0 Å². The molecule has 22 heavy (non-hydrogen) atoms. The molecule has 0 amide bonds. The van der Waals surface area contributed by atoms with Crippen molar-refractivity contribution in [1.82, 2.24) is 0 Å². The molecule has 1 saturated heterocycles. The lowest BCUT2D eigenvalue weighted by Crippen LogP contribution is -2.52. The zero-order valence-electron chi connectivity index (χ0n) is 13.6. The number of ether oxygens (including phenoxy) is 3. The van der Waals surface area contributed by atoms with Crippen LogP contribution in [0.1, 0.15) is 46.0 Å². The van der Waals surface area contributed by atoms with E-state index >= 15 is 0 Å². The van der Waals surface area contributed by atoms with Crippen molar-refractivity contribution in [2.24, 2.45) is 11.3 Å². The predicted molar refractivity (Wildman–Crippen MR) is 81.2 cm³/mol. The molecule has 0 aromatic heterocycles. The van der Waals surface area contributed by atoms with Crippen LogP contribution in [0.15, 0.2) is 12.2 Å². The van der Waals surface area contributed by atoms with Crippen LogP contribution in [0.5, 0.6) is 0 Å². The average Bonchev–Trinajstić information content (AvgIpc) is 2.87. The number of hydrogen-bond donors (Lipinski definition) is 0. The predicted octanol–water partition coefficient (Wildman–Crippen LogP) is 2.63. The normalized spacial score (nSPS) is 25.0. The summed E-state index contributed by atoms with van der Waals surface area (Å²) in [7, 11) is 0. The summed E-state index contributed by atoms with van der Waals surface area (Å²) in [6.45, 7) is 8.02. The van der Waals surface area contributed by atoms with Crippen LogP contribution in [0.2, 0.25) is 0 Å². The Bertz CT molecular complexity index is 418. The fourth-order valence-corrected chi connectivity index (χ4v) is 3.65. The van der Waals surface area contributed by atoms with E-state index in [-0.39, 0.29) is 25.7 Å². The molecular weight excluding hydrogens is 284 g/mol. The van der Waals surface area contributed by atoms with Crippen LogP contribution in [0.25, 0.3) is 0 Å². The summed E-state index contributed by atoms with van der Waals surface area (Å²) in [6.07, 6.45) is 4.78. The molecule has 0 N–H and O–H groups in total. The highest BCUT2D eigenvalue weighted by Crippen LogP contribution is 2.47. The van der Waals surface area contributed by atoms with Gasteiger partial charge < -0.3 is 14.2 Å². The number of hydrogen-bond acceptors (Lipinski definition) is 5. The van der Waals surface area contributed by atoms with Gasteiger partial charge in [-0.3, -0.25) is 9.59 Å². The first kappa shape index (κ1) is 17.0. The van der Waals surface area contributed by atoms with Crippen molar-refractivity contribution in [2.75, 3.05) is 19.8 Å². The molecule has 2 fully saturated rings. The summed E-state index contributed by atoms with van der Waals surface area (Å²) in [5.74, 6) is -0.986. The minimum atomic E-state index is -1.49. The van der Waals surface area contributed by atoms with Crippen LogP contribution in [0.4, 0.5) is 0 Å². The molecule has 5 nitrogen and oxygen atoms in total. The van der Waals surface area contributed by atoms with Crippen LogP contribution in [-0.2, 0) is 23.8 Å². The molecule has 1 heterocycles. The fourth-order valence-electron chi connectivity index (χ4n) is 3.65. The van der Waals surface area contributed by atoms with Gasteiger partial charge in [-0.1, -0.05) is 25.8 Å². The zero-order chi connectivity index (χ0) is 16.2. The molecule has 0 radical (unpaired) electrons. The lowest BCUT2D eigenvalue weighted by atomic mass is 9.69. The summed E-state index contributed by atoms with van der Waals surface area (Å²) >= 11 is 0. The highest BCUT2D eigenvalue weighted by atomic mass is 16.6. The summed E-state index contributed by atoms with van der Waals surface area (Å²) in [6, 6.07) is 0. The lowest BCUT2D eigenvalue weighted by Gasteiger charge is -2.36. The Hall–Kier alpha value is -1.36. The Balaban J connectivity index is 2.38. The molecule has 1 saturated carbocycles. The summed E-state index contributed by atoms with van der Waals surface area (Å²) < 4.78 is 16.3. The van der Waals surface area contributed by atoms with E-state index < -0.39 is 23.5 Å². The number of carbonyl (C=O) groups excluding carboxylic acids is 2. The Morgan fingerprint density at radius 3 is 2.18 bits per heavy atom. The second kappa shape index (κ2) is 7.27. The van der Waals surface area contributed by atoms with E-state index in [9.17, 15) is 9.59 Å². The quantitative estimate of drug-likeness (QED) is 0.444. The number of esters is 2. The molecule has 2 aliphatic rings. The largest absolute Gasteiger partial charge is 0.465 e. The monoisotopic (exact) mass is 310 g/mol. The van der Waals surface area contributed by atoms with E-state index in [4.69, 9.17) is 14.2 Å². The van der Waals surface area contributed by atoms with Crippen molar-refractivity contribution in [3.05, 3.63) is 12.2 Å². The van der Waals surface area contributed by atoms with Crippen LogP contribution in [0, 0.1) is 11.3 Å². The van der Waals surface area contributed by atoms with Gasteiger partial charge >= 0.3 is 11.9 Å². The minimum Gasteiger partial charge on any atom is -0.465 e. The van der Waals surface area contributed by atoms with Gasteiger partial charge in [0.15, 0.2) is 0 Å². The third-order valence-corrected chi connectivity index (χ3v) is 4.69. The summed E-state index contributed by atoms with van der Waals surface area (Å²) in [5, 5.41) is 0. The van der Waals surface area contributed by atoms with Crippen LogP contribution in [0.3, 0.4) is 0 Å². The second-order valence-electron chi connectivity index (χ2n) is 5.98. The minimum absolute atomic E-state index is 0.168. The highest BCUT2D eigenvalue weighted by molar-refractivity contribution is 6.05. The first-order chi connectivity index (χ1) is 10.6. The molecule has 0 bridgehead atoms. The Morgan fingerprint density at radius 2 is 1.68 bits per heavy atom. The van der Waals surface area contributed by atoms with E-state index in [1.54, 1.807) is 13.8 Å². The van der Waals surface area contributed by atoms with Crippen molar-refractivity contribution >= 4 is 11.9 Å². The van der Waals surface area contributed by atoms with Crippen LogP contribution in [-0.4, -0.2) is 37.9 Å². The molecule has 1 atom stereocenters. The van der Waals surface area contributed by atoms with Gasteiger partial charge in [-0.25, -0.2) is 0 Å². The van der Waals surface area contributed by atoms with Crippen molar-refractivity contribution in [1.29, 1.82) is 0 Å². The second-order valence-corrected chi connectivity index (χ2v) is 5.98. The standard InChI is InChI=1S/C17H26O5/c1-4-20-15(18)17(16(19)21-5-2)12(3)11-22-14(17)13-9-7-6-8-10-13/h13-14H,3-11H2,1-2H3. The maximum absolute atomic E-state index is 12.7. The summed E-state index contributed by atoms with van der Waals surface area (Å²) in [4.78, 5) is 25.4. The zero-order valence-corrected chi connectivity index (χ0v) is 13.6. The molecule has 124 valence electrons. The van der Waals surface area contributed by atoms with E-state index in [2.05, 4.69) is 6.58 Å². The van der Waals surface area contributed by atoms with E-state index in [1.165, 1.54) is 6.42 Å². The first-order valence-corrected chi connectivity index (χ1v) is 8.23. The van der Waals surface area contributed by atoms with Gasteiger partial charge in [0.1, 0.15) is 0 Å². The SMILES string of the molecule is C=C1COC(C2CCCCC2)C1(C(=O)OCC)C(=O)OCC. The van der Waals surface area contributed by atoms with E-state index in [0.29, 0.717) is 5.57 Å². The smallest absolute Gasteiger partial charge is 0.330 e. The van der Waals surface area contributed by atoms with Crippen LogP contribution >= 0.6 is 0 Å². The molecule has 5 heteroatoms. The number of rotatable bonds is 5. The molecule has 0 aromatic rings. The van der Waals surface area contributed by atoms with E-state index in [1.807, 2.05) is 0 Å². The maximum atomic E-state index is 12.7. The van der Waals surface area contributed by atoms with Crippen molar-refractivity contribution in [2.45, 2.75) is 52.1 Å². The van der Waals surface area contributed by atoms with Gasteiger partial charge in [0.25, 0.3) is 0 Å². The van der Waals surface area contributed by atoms with E-state index in [0.717, 1.165) is 25.7 Å². The molecule has 1 aliphatic carbocycles. The molecule has 1 unspecified atom stereocenters. The van der Waals surface area contributed by atoms with Gasteiger partial charge in [0, 0.05) is 0 Å². The first-order valence-electron chi connectivity index (χ1n) is 8.23. The Labute approximate surface area is 132 Å². The van der Waals surface area contributed by atoms with Gasteiger partial charge in [-0.15, -0.1) is 0 Å². The third kappa shape index (κ3) is 2.78. The maximum Gasteiger partial charge on any atom is 0.330 e.